The molecule has 8 nitrogen and oxygen atoms in total. The lowest BCUT2D eigenvalue weighted by Crippen LogP contribution is -2.40. The molecule has 0 aromatic carbocycles. The molecule has 1 fully saturated rings. The maximum atomic E-state index is 13.0. The van der Waals surface area contributed by atoms with Crippen molar-refractivity contribution in [3.8, 4) is 17.5 Å². The molecule has 2 amide bonds. The monoisotopic (exact) mass is 402 g/mol. The largest absolute Gasteiger partial charge is 0.359 e. The Kier molecular flexibility index (Phi) is 5.44. The smallest absolute Gasteiger partial charge is 0.253 e. The molecule has 0 unspecified atom stereocenters. The summed E-state index contributed by atoms with van der Waals surface area (Å²) in [4.78, 5) is 29.3. The number of nitriles is 1. The van der Waals surface area contributed by atoms with Crippen molar-refractivity contribution in [3.05, 3.63) is 53.9 Å². The van der Waals surface area contributed by atoms with Crippen LogP contribution in [0.25, 0.3) is 16.9 Å². The summed E-state index contributed by atoms with van der Waals surface area (Å²) >= 11 is 0. The molecule has 152 valence electrons. The van der Waals surface area contributed by atoms with Crippen molar-refractivity contribution in [2.45, 2.75) is 31.7 Å². The van der Waals surface area contributed by atoms with Crippen LogP contribution in [0.2, 0.25) is 0 Å². The van der Waals surface area contributed by atoms with E-state index in [1.54, 1.807) is 36.0 Å². The molecule has 3 aromatic rings. The first-order valence-electron chi connectivity index (χ1n) is 9.96. The number of amides is 2. The average Bonchev–Trinajstić information content (AvgIpc) is 3.22. The minimum atomic E-state index is -0.190. The second-order valence-electron chi connectivity index (χ2n) is 7.45. The van der Waals surface area contributed by atoms with Crippen LogP contribution in [0.15, 0.2) is 42.7 Å². The van der Waals surface area contributed by atoms with Gasteiger partial charge in [-0.05, 0) is 56.0 Å². The zero-order valence-electron chi connectivity index (χ0n) is 16.6. The molecule has 3 aromatic heterocycles. The van der Waals surface area contributed by atoms with Crippen LogP contribution in [0.3, 0.4) is 0 Å². The van der Waals surface area contributed by atoms with Crippen molar-refractivity contribution >= 4 is 17.3 Å². The van der Waals surface area contributed by atoms with Crippen molar-refractivity contribution in [2.75, 3.05) is 7.05 Å². The van der Waals surface area contributed by atoms with E-state index in [9.17, 15) is 9.59 Å². The minimum Gasteiger partial charge on any atom is -0.359 e. The maximum absolute atomic E-state index is 13.0. The molecule has 0 bridgehead atoms. The van der Waals surface area contributed by atoms with Crippen LogP contribution in [-0.4, -0.2) is 39.5 Å². The fraction of sp³-hybridized carbons (Fsp3) is 0.318. The standard InChI is InChI=1S/C22H22N6O2/c1-24-21(29)15-4-6-16(7-5-15)27-22(30)18-3-2-10-25-20(18)19-9-8-17-11-14(12-23)13-26-28(17)19/h2-3,8-11,13,15-16H,4-7H2,1H3,(H,24,29)(H,27,30). The molecule has 0 saturated heterocycles. The second-order valence-corrected chi connectivity index (χ2v) is 7.45. The van der Waals surface area contributed by atoms with E-state index in [-0.39, 0.29) is 23.8 Å². The Balaban J connectivity index is 1.55. The number of carbonyl (C=O) groups is 2. The first-order chi connectivity index (χ1) is 14.6. The highest BCUT2D eigenvalue weighted by Gasteiger charge is 2.27. The predicted octanol–water partition coefficient (Wildman–Crippen LogP) is 2.30. The van der Waals surface area contributed by atoms with Gasteiger partial charge < -0.3 is 10.6 Å². The molecule has 0 aliphatic heterocycles. The Morgan fingerprint density at radius 2 is 2.00 bits per heavy atom. The second kappa shape index (κ2) is 8.33. The van der Waals surface area contributed by atoms with Crippen LogP contribution in [0.1, 0.15) is 41.6 Å². The normalized spacial score (nSPS) is 18.5. The number of nitrogens with zero attached hydrogens (tertiary/aromatic N) is 4. The van der Waals surface area contributed by atoms with Gasteiger partial charge in [0.05, 0.1) is 28.5 Å². The van der Waals surface area contributed by atoms with Crippen molar-refractivity contribution in [3.63, 3.8) is 0 Å². The number of carbonyl (C=O) groups excluding carboxylic acids is 2. The van der Waals surface area contributed by atoms with E-state index in [1.165, 1.54) is 6.20 Å². The number of nitrogens with one attached hydrogen (secondary N) is 2. The number of rotatable bonds is 4. The van der Waals surface area contributed by atoms with Crippen LogP contribution in [0, 0.1) is 17.2 Å². The van der Waals surface area contributed by atoms with E-state index in [1.807, 2.05) is 12.1 Å². The molecule has 0 atom stereocenters. The van der Waals surface area contributed by atoms with Crippen LogP contribution in [-0.2, 0) is 4.79 Å². The third-order valence-electron chi connectivity index (χ3n) is 5.60. The average molecular weight is 402 g/mol. The molecule has 8 heteroatoms. The van der Waals surface area contributed by atoms with E-state index in [0.29, 0.717) is 22.5 Å². The van der Waals surface area contributed by atoms with Gasteiger partial charge in [0.1, 0.15) is 11.8 Å². The van der Waals surface area contributed by atoms with Crippen LogP contribution in [0.5, 0.6) is 0 Å². The van der Waals surface area contributed by atoms with Crippen molar-refractivity contribution in [1.82, 2.24) is 25.2 Å². The highest BCUT2D eigenvalue weighted by molar-refractivity contribution is 6.00. The number of hydrogen-bond acceptors (Lipinski definition) is 5. The Labute approximate surface area is 173 Å². The highest BCUT2D eigenvalue weighted by Crippen LogP contribution is 2.26. The third kappa shape index (κ3) is 3.74. The number of aromatic nitrogens is 3. The number of fused-ring (bicyclic) bond motifs is 1. The summed E-state index contributed by atoms with van der Waals surface area (Å²) in [5, 5.41) is 19.2. The summed E-state index contributed by atoms with van der Waals surface area (Å²) in [5.74, 6) is -0.0971. The molecule has 1 saturated carbocycles. The fourth-order valence-corrected chi connectivity index (χ4v) is 4.00. The van der Waals surface area contributed by atoms with Gasteiger partial charge in [0, 0.05) is 25.2 Å². The summed E-state index contributed by atoms with van der Waals surface area (Å²) < 4.78 is 1.68. The Bertz CT molecular complexity index is 1140. The summed E-state index contributed by atoms with van der Waals surface area (Å²) in [6, 6.07) is 11.0. The van der Waals surface area contributed by atoms with Gasteiger partial charge in [0.25, 0.3) is 5.91 Å². The van der Waals surface area contributed by atoms with Crippen LogP contribution < -0.4 is 10.6 Å². The Morgan fingerprint density at radius 3 is 2.73 bits per heavy atom. The molecular formula is C22H22N6O2. The first-order valence-corrected chi connectivity index (χ1v) is 9.96. The quantitative estimate of drug-likeness (QED) is 0.695. The SMILES string of the molecule is CNC(=O)C1CCC(NC(=O)c2cccnc2-c2ccc3cc(C#N)cnn23)CC1. The number of hydrogen-bond donors (Lipinski definition) is 2. The first kappa shape index (κ1) is 19.6. The van der Waals surface area contributed by atoms with Crippen LogP contribution >= 0.6 is 0 Å². The Morgan fingerprint density at radius 1 is 1.20 bits per heavy atom. The van der Waals surface area contributed by atoms with Crippen molar-refractivity contribution in [1.29, 1.82) is 5.26 Å². The zero-order valence-corrected chi connectivity index (χ0v) is 16.6. The summed E-state index contributed by atoms with van der Waals surface area (Å²) in [5.41, 5.74) is 2.92. The molecule has 2 N–H and O–H groups in total. The van der Waals surface area contributed by atoms with E-state index < -0.39 is 0 Å². The molecule has 0 radical (unpaired) electrons. The van der Waals surface area contributed by atoms with E-state index in [0.717, 1.165) is 31.2 Å². The van der Waals surface area contributed by atoms with Crippen molar-refractivity contribution in [2.24, 2.45) is 5.92 Å². The minimum absolute atomic E-state index is 0.0218. The molecule has 1 aliphatic carbocycles. The van der Waals surface area contributed by atoms with Gasteiger partial charge in [-0.3, -0.25) is 14.6 Å². The molecule has 3 heterocycles. The molecule has 4 rings (SSSR count). The van der Waals surface area contributed by atoms with Gasteiger partial charge in [-0.1, -0.05) is 0 Å². The summed E-state index contributed by atoms with van der Waals surface area (Å²) in [7, 11) is 1.65. The molecular weight excluding hydrogens is 380 g/mol. The predicted molar refractivity (Wildman–Crippen MR) is 110 cm³/mol. The maximum Gasteiger partial charge on any atom is 0.253 e. The third-order valence-corrected chi connectivity index (χ3v) is 5.60. The van der Waals surface area contributed by atoms with Crippen molar-refractivity contribution < 1.29 is 9.59 Å². The van der Waals surface area contributed by atoms with Gasteiger partial charge in [-0.2, -0.15) is 10.4 Å². The lowest BCUT2D eigenvalue weighted by atomic mass is 9.85. The highest BCUT2D eigenvalue weighted by atomic mass is 16.2. The van der Waals surface area contributed by atoms with Gasteiger partial charge >= 0.3 is 0 Å². The zero-order chi connectivity index (χ0) is 21.1. The molecule has 0 spiro atoms. The summed E-state index contributed by atoms with van der Waals surface area (Å²) in [6.07, 6.45) is 6.20. The van der Waals surface area contributed by atoms with E-state index in [4.69, 9.17) is 5.26 Å². The topological polar surface area (TPSA) is 112 Å². The van der Waals surface area contributed by atoms with Crippen LogP contribution in [0.4, 0.5) is 0 Å². The lowest BCUT2D eigenvalue weighted by molar-refractivity contribution is -0.125. The molecule has 30 heavy (non-hydrogen) atoms. The fourth-order valence-electron chi connectivity index (χ4n) is 4.00. The molecule has 1 aliphatic rings. The van der Waals surface area contributed by atoms with E-state index >= 15 is 0 Å². The van der Waals surface area contributed by atoms with Gasteiger partial charge in [-0.25, -0.2) is 4.52 Å². The van der Waals surface area contributed by atoms with Gasteiger partial charge in [0.15, 0.2) is 0 Å². The number of pyridine rings is 1. The van der Waals surface area contributed by atoms with Gasteiger partial charge in [0.2, 0.25) is 5.91 Å². The lowest BCUT2D eigenvalue weighted by Gasteiger charge is -2.28. The van der Waals surface area contributed by atoms with E-state index in [2.05, 4.69) is 26.8 Å². The summed E-state index contributed by atoms with van der Waals surface area (Å²) in [6.45, 7) is 0. The van der Waals surface area contributed by atoms with Gasteiger partial charge in [-0.15, -0.1) is 0 Å². The Hall–Kier alpha value is -3.73.